The maximum absolute atomic E-state index is 13.4. The van der Waals surface area contributed by atoms with Crippen LogP contribution in [0.5, 0.6) is 5.75 Å². The number of anilines is 2. The molecule has 0 atom stereocenters. The number of amides is 1. The highest BCUT2D eigenvalue weighted by Crippen LogP contribution is 2.32. The lowest BCUT2D eigenvalue weighted by Crippen LogP contribution is -2.42. The number of H-pyrrole nitrogens is 1. The van der Waals surface area contributed by atoms with Gasteiger partial charge >= 0.3 is 5.69 Å². The molecule has 1 amide bonds. The van der Waals surface area contributed by atoms with Crippen molar-refractivity contribution >= 4 is 28.7 Å². The van der Waals surface area contributed by atoms with Crippen molar-refractivity contribution in [3.63, 3.8) is 0 Å². The van der Waals surface area contributed by atoms with E-state index < -0.39 is 17.2 Å². The number of rotatable bonds is 9. The van der Waals surface area contributed by atoms with E-state index in [1.165, 1.54) is 27.9 Å². The molecule has 3 rings (SSSR count). The molecule has 0 fully saturated rings. The molecule has 170 valence electrons. The number of benzene rings is 1. The number of nitrogens with zero attached hydrogens (tertiary/aromatic N) is 3. The fraction of sp³-hybridized carbons (Fsp3) is 0.333. The Morgan fingerprint density at radius 2 is 2.03 bits per heavy atom. The summed E-state index contributed by atoms with van der Waals surface area (Å²) < 4.78 is 11.7. The monoisotopic (exact) mass is 459 g/mol. The molecule has 0 aliphatic heterocycles. The Morgan fingerprint density at radius 3 is 2.72 bits per heavy atom. The van der Waals surface area contributed by atoms with Crippen LogP contribution >= 0.6 is 11.3 Å². The molecule has 0 unspecified atom stereocenters. The van der Waals surface area contributed by atoms with Gasteiger partial charge in [-0.05, 0) is 18.6 Å². The average Bonchev–Trinajstić information content (AvgIpc) is 3.28. The minimum Gasteiger partial charge on any atom is -0.496 e. The van der Waals surface area contributed by atoms with Crippen LogP contribution in [-0.4, -0.2) is 47.8 Å². The predicted molar refractivity (Wildman–Crippen MR) is 124 cm³/mol. The summed E-state index contributed by atoms with van der Waals surface area (Å²) in [6.45, 7) is 2.38. The van der Waals surface area contributed by atoms with Gasteiger partial charge in [0.15, 0.2) is 5.69 Å². The Bertz CT molecular complexity index is 1220. The highest BCUT2D eigenvalue weighted by molar-refractivity contribution is 7.13. The minimum absolute atomic E-state index is 0.0501. The Morgan fingerprint density at radius 1 is 1.28 bits per heavy atom. The van der Waals surface area contributed by atoms with Gasteiger partial charge in [-0.15, -0.1) is 11.3 Å². The second-order valence-corrected chi connectivity index (χ2v) is 7.69. The molecule has 3 aromatic rings. The number of nitrogens with one attached hydrogen (secondary N) is 1. The zero-order valence-corrected chi connectivity index (χ0v) is 18.9. The Balaban J connectivity index is 2.06. The first-order chi connectivity index (χ1) is 15.4. The molecule has 32 heavy (non-hydrogen) atoms. The van der Waals surface area contributed by atoms with Gasteiger partial charge in [0, 0.05) is 25.6 Å². The van der Waals surface area contributed by atoms with E-state index in [-0.39, 0.29) is 30.4 Å². The first-order valence-electron chi connectivity index (χ1n) is 9.95. The van der Waals surface area contributed by atoms with Crippen LogP contribution in [0.15, 0.2) is 39.2 Å². The predicted octanol–water partition coefficient (Wildman–Crippen LogP) is 1.95. The van der Waals surface area contributed by atoms with Crippen LogP contribution in [0.3, 0.4) is 0 Å². The van der Waals surface area contributed by atoms with Gasteiger partial charge in [-0.1, -0.05) is 19.1 Å². The minimum atomic E-state index is -0.746. The van der Waals surface area contributed by atoms with Crippen LogP contribution in [0.2, 0.25) is 0 Å². The molecule has 10 nitrogen and oxygen atoms in total. The second kappa shape index (κ2) is 10.2. The molecule has 0 radical (unpaired) electrons. The van der Waals surface area contributed by atoms with E-state index in [9.17, 15) is 14.4 Å². The van der Waals surface area contributed by atoms with Gasteiger partial charge in [-0.2, -0.15) is 0 Å². The van der Waals surface area contributed by atoms with E-state index in [0.29, 0.717) is 23.7 Å². The third-order valence-corrected chi connectivity index (χ3v) is 5.63. The fourth-order valence-corrected chi connectivity index (χ4v) is 4.06. The fourth-order valence-electron chi connectivity index (χ4n) is 3.24. The molecule has 2 aromatic heterocycles. The number of ether oxygens (including phenoxy) is 2. The second-order valence-electron chi connectivity index (χ2n) is 6.83. The topological polar surface area (TPSA) is 133 Å². The molecule has 2 heterocycles. The quantitative estimate of drug-likeness (QED) is 0.500. The summed E-state index contributed by atoms with van der Waals surface area (Å²) in [6.07, 6.45) is 0.621. The molecule has 3 N–H and O–H groups in total. The molecular formula is C21H25N5O5S. The molecule has 0 saturated heterocycles. The van der Waals surface area contributed by atoms with Gasteiger partial charge in [0.25, 0.3) is 11.5 Å². The Hall–Kier alpha value is -3.44. The standard InChI is InChI=1S/C21H25N5O5S/c1-4-9-26-17(22)16(18(27)24-21(26)29)25(10-11-30-2)20(28)14-12-32-19(23-14)13-7-5-6-8-15(13)31-3/h5-8,12H,4,9-11,22H2,1-3H3,(H,24,27,29). The van der Waals surface area contributed by atoms with E-state index in [1.807, 2.05) is 25.1 Å². The lowest BCUT2D eigenvalue weighted by Gasteiger charge is -2.23. The van der Waals surface area contributed by atoms with Gasteiger partial charge < -0.3 is 15.2 Å². The lowest BCUT2D eigenvalue weighted by atomic mass is 10.2. The van der Waals surface area contributed by atoms with Gasteiger partial charge in [0.1, 0.15) is 22.3 Å². The van der Waals surface area contributed by atoms with Crippen LogP contribution in [0, 0.1) is 0 Å². The van der Waals surface area contributed by atoms with Crippen molar-refractivity contribution in [3.8, 4) is 16.3 Å². The summed E-state index contributed by atoms with van der Waals surface area (Å²) in [6, 6.07) is 7.34. The van der Waals surface area contributed by atoms with Crippen LogP contribution < -0.4 is 26.6 Å². The molecule has 0 spiro atoms. The number of methoxy groups -OCH3 is 2. The first kappa shape index (κ1) is 23.2. The average molecular weight is 460 g/mol. The SMILES string of the molecule is CCCn1c(N)c(N(CCOC)C(=O)c2csc(-c3ccccc3OC)n2)c(=O)[nH]c1=O. The van der Waals surface area contributed by atoms with Gasteiger partial charge in [0.05, 0.1) is 19.3 Å². The first-order valence-corrected chi connectivity index (χ1v) is 10.8. The highest BCUT2D eigenvalue weighted by Gasteiger charge is 2.27. The molecular weight excluding hydrogens is 434 g/mol. The van der Waals surface area contributed by atoms with E-state index in [0.717, 1.165) is 5.56 Å². The summed E-state index contributed by atoms with van der Waals surface area (Å²) >= 11 is 1.28. The number of hydrogen-bond acceptors (Lipinski definition) is 8. The molecule has 0 saturated carbocycles. The number of thiazole rings is 1. The molecule has 11 heteroatoms. The smallest absolute Gasteiger partial charge is 0.330 e. The van der Waals surface area contributed by atoms with Crippen molar-refractivity contribution in [3.05, 3.63) is 56.2 Å². The van der Waals surface area contributed by atoms with Crippen molar-refractivity contribution < 1.29 is 14.3 Å². The van der Waals surface area contributed by atoms with Gasteiger partial charge in [-0.3, -0.25) is 24.0 Å². The molecule has 1 aromatic carbocycles. The van der Waals surface area contributed by atoms with Crippen LogP contribution in [0.25, 0.3) is 10.6 Å². The van der Waals surface area contributed by atoms with Gasteiger partial charge in [0.2, 0.25) is 0 Å². The largest absolute Gasteiger partial charge is 0.496 e. The van der Waals surface area contributed by atoms with E-state index in [4.69, 9.17) is 15.2 Å². The Labute approximate surface area is 188 Å². The zero-order valence-electron chi connectivity index (χ0n) is 18.1. The van der Waals surface area contributed by atoms with Crippen molar-refractivity contribution in [2.45, 2.75) is 19.9 Å². The number of nitrogens with two attached hydrogens (primary N) is 1. The summed E-state index contributed by atoms with van der Waals surface area (Å²) in [5.41, 5.74) is 5.58. The maximum Gasteiger partial charge on any atom is 0.330 e. The number of aromatic nitrogens is 3. The Kier molecular flexibility index (Phi) is 7.44. The molecule has 0 aliphatic carbocycles. The zero-order chi connectivity index (χ0) is 23.3. The molecule has 0 aliphatic rings. The summed E-state index contributed by atoms with van der Waals surface area (Å²) in [7, 11) is 3.04. The third-order valence-electron chi connectivity index (χ3n) is 4.76. The van der Waals surface area contributed by atoms with Crippen LogP contribution in [-0.2, 0) is 11.3 Å². The van der Waals surface area contributed by atoms with Crippen LogP contribution in [0.4, 0.5) is 11.5 Å². The van der Waals surface area contributed by atoms with Crippen molar-refractivity contribution in [1.82, 2.24) is 14.5 Å². The normalized spacial score (nSPS) is 10.8. The number of carbonyl (C=O) groups is 1. The van der Waals surface area contributed by atoms with Crippen molar-refractivity contribution in [1.29, 1.82) is 0 Å². The van der Waals surface area contributed by atoms with E-state index >= 15 is 0 Å². The number of para-hydroxylation sites is 1. The number of aromatic amines is 1. The highest BCUT2D eigenvalue weighted by atomic mass is 32.1. The van der Waals surface area contributed by atoms with E-state index in [2.05, 4.69) is 9.97 Å². The molecule has 0 bridgehead atoms. The van der Waals surface area contributed by atoms with Gasteiger partial charge in [-0.25, -0.2) is 9.78 Å². The summed E-state index contributed by atoms with van der Waals surface area (Å²) in [4.78, 5) is 46.1. The number of carbonyl (C=O) groups excluding carboxylic acids is 1. The number of hydrogen-bond donors (Lipinski definition) is 2. The van der Waals surface area contributed by atoms with Crippen LogP contribution in [0.1, 0.15) is 23.8 Å². The summed E-state index contributed by atoms with van der Waals surface area (Å²) in [5, 5.41) is 2.20. The lowest BCUT2D eigenvalue weighted by molar-refractivity contribution is 0.0971. The van der Waals surface area contributed by atoms with Crippen molar-refractivity contribution in [2.75, 3.05) is 38.0 Å². The number of nitrogen functional groups attached to an aromatic ring is 1. The van der Waals surface area contributed by atoms with Crippen molar-refractivity contribution in [2.24, 2.45) is 0 Å². The maximum atomic E-state index is 13.4. The van der Waals surface area contributed by atoms with E-state index in [1.54, 1.807) is 18.6 Å². The summed E-state index contributed by atoms with van der Waals surface area (Å²) in [5.74, 6) is 0.0213. The third kappa shape index (κ3) is 4.58.